The molecule has 1 N–H and O–H groups in total. The van der Waals surface area contributed by atoms with Crippen LogP contribution in [-0.4, -0.2) is 14.5 Å². The number of imidazole rings is 1. The molecule has 0 saturated carbocycles. The normalized spacial score (nSPS) is 11.0. The first-order valence-corrected chi connectivity index (χ1v) is 4.01. The molecule has 0 aliphatic carbocycles. The van der Waals surface area contributed by atoms with Gasteiger partial charge in [0.15, 0.2) is 6.33 Å². The molecular formula is C8H11N4O+. The van der Waals surface area contributed by atoms with E-state index in [0.717, 1.165) is 5.82 Å². The van der Waals surface area contributed by atoms with Gasteiger partial charge in [-0.05, 0) is 0 Å². The summed E-state index contributed by atoms with van der Waals surface area (Å²) in [4.78, 5) is 18.5. The number of nitrogens with zero attached hydrogens (tertiary/aromatic N) is 3. The maximum atomic E-state index is 11.6. The number of nitrogens with one attached hydrogen (secondary N) is 1. The van der Waals surface area contributed by atoms with E-state index in [2.05, 4.69) is 9.97 Å². The van der Waals surface area contributed by atoms with Crippen molar-refractivity contribution in [3.63, 3.8) is 0 Å². The molecule has 68 valence electrons. The summed E-state index contributed by atoms with van der Waals surface area (Å²) in [5.41, 5.74) is 1.21. The number of hydrogen-bond acceptors (Lipinski definition) is 2. The van der Waals surface area contributed by atoms with E-state index in [4.69, 9.17) is 0 Å². The molecule has 0 aliphatic heterocycles. The highest BCUT2D eigenvalue weighted by Gasteiger charge is 2.16. The van der Waals surface area contributed by atoms with E-state index < -0.39 is 0 Å². The predicted molar refractivity (Wildman–Crippen MR) is 47.2 cm³/mol. The van der Waals surface area contributed by atoms with E-state index in [1.165, 1.54) is 6.33 Å². The Hall–Kier alpha value is -1.65. The summed E-state index contributed by atoms with van der Waals surface area (Å²) in [5.74, 6) is 0.879. The van der Waals surface area contributed by atoms with Gasteiger partial charge in [-0.2, -0.15) is 0 Å². The quantitative estimate of drug-likeness (QED) is 0.549. The van der Waals surface area contributed by atoms with Crippen molar-refractivity contribution in [3.8, 4) is 0 Å². The van der Waals surface area contributed by atoms with Crippen LogP contribution in [0.2, 0.25) is 0 Å². The lowest BCUT2D eigenvalue weighted by Crippen LogP contribution is -2.41. The second-order valence-electron chi connectivity index (χ2n) is 3.07. The number of aromatic nitrogens is 4. The summed E-state index contributed by atoms with van der Waals surface area (Å²) in [6.07, 6.45) is 1.53. The fourth-order valence-electron chi connectivity index (χ4n) is 1.39. The molecule has 0 aliphatic rings. The fraction of sp³-hybridized carbons (Fsp3) is 0.375. The summed E-state index contributed by atoms with van der Waals surface area (Å²) in [7, 11) is 3.63. The van der Waals surface area contributed by atoms with Crippen molar-refractivity contribution >= 4 is 11.2 Å². The van der Waals surface area contributed by atoms with Crippen LogP contribution in [0, 0.1) is 6.92 Å². The van der Waals surface area contributed by atoms with E-state index >= 15 is 0 Å². The molecule has 2 aromatic rings. The summed E-state index contributed by atoms with van der Waals surface area (Å²) in [6, 6.07) is 0. The maximum absolute atomic E-state index is 11.6. The van der Waals surface area contributed by atoms with Gasteiger partial charge in [0.05, 0.1) is 14.1 Å². The minimum absolute atomic E-state index is 0.0388. The molecule has 0 atom stereocenters. The Labute approximate surface area is 74.7 Å². The zero-order chi connectivity index (χ0) is 9.59. The van der Waals surface area contributed by atoms with Crippen LogP contribution in [0.5, 0.6) is 0 Å². The molecule has 2 heterocycles. The van der Waals surface area contributed by atoms with Crippen molar-refractivity contribution < 1.29 is 4.57 Å². The lowest BCUT2D eigenvalue weighted by Gasteiger charge is -2.01. The number of rotatable bonds is 0. The van der Waals surface area contributed by atoms with Crippen LogP contribution in [0.3, 0.4) is 0 Å². The Balaban J connectivity index is 3.11. The lowest BCUT2D eigenvalue weighted by molar-refractivity contribution is -0.658. The maximum Gasteiger partial charge on any atom is 0.337 e. The van der Waals surface area contributed by atoms with Crippen LogP contribution in [0.4, 0.5) is 0 Å². The first kappa shape index (κ1) is 7.97. The van der Waals surface area contributed by atoms with Crippen LogP contribution >= 0.6 is 0 Å². The van der Waals surface area contributed by atoms with E-state index in [0.29, 0.717) is 11.2 Å². The van der Waals surface area contributed by atoms with Crippen LogP contribution in [0.15, 0.2) is 11.1 Å². The molecule has 0 bridgehead atoms. The van der Waals surface area contributed by atoms with Gasteiger partial charge in [0.2, 0.25) is 11.3 Å². The Morgan fingerprint density at radius 1 is 1.62 bits per heavy atom. The molecule has 2 rings (SSSR count). The molecular weight excluding hydrogens is 168 g/mol. The highest BCUT2D eigenvalue weighted by molar-refractivity contribution is 5.64. The molecule has 2 aromatic heterocycles. The molecule has 5 nitrogen and oxygen atoms in total. The van der Waals surface area contributed by atoms with Gasteiger partial charge in [-0.25, -0.2) is 13.9 Å². The molecule has 0 saturated heterocycles. The predicted octanol–water partition coefficient (Wildman–Crippen LogP) is -0.605. The van der Waals surface area contributed by atoms with Gasteiger partial charge < -0.3 is 4.98 Å². The number of fused-ring (bicyclic) bond motifs is 1. The molecule has 0 unspecified atom stereocenters. The van der Waals surface area contributed by atoms with Gasteiger partial charge in [-0.1, -0.05) is 4.98 Å². The van der Waals surface area contributed by atoms with Crippen LogP contribution in [-0.2, 0) is 14.1 Å². The van der Waals surface area contributed by atoms with E-state index in [-0.39, 0.29) is 5.56 Å². The zero-order valence-electron chi connectivity index (χ0n) is 7.83. The number of aromatic amines is 1. The second-order valence-corrected chi connectivity index (χ2v) is 3.07. The van der Waals surface area contributed by atoms with E-state index in [1.54, 1.807) is 11.6 Å². The third kappa shape index (κ3) is 0.898. The molecule has 0 fully saturated rings. The molecule has 5 heteroatoms. The van der Waals surface area contributed by atoms with Crippen molar-refractivity contribution in [1.82, 2.24) is 14.5 Å². The molecule has 0 amide bonds. The number of hydrogen-bond donors (Lipinski definition) is 1. The lowest BCUT2D eigenvalue weighted by atomic mass is 10.4. The van der Waals surface area contributed by atoms with Gasteiger partial charge in [-0.15, -0.1) is 0 Å². The smallest absolute Gasteiger partial charge is 0.321 e. The molecule has 0 spiro atoms. The zero-order valence-corrected chi connectivity index (χ0v) is 7.83. The first-order valence-electron chi connectivity index (χ1n) is 4.01. The largest absolute Gasteiger partial charge is 0.337 e. The standard InChI is InChI=1S/C8H10N4O/c1-5-11(2)7-6(9-4-10-7)8(13)12(5)3/h4H,1-3H3/p+1. The van der Waals surface area contributed by atoms with Gasteiger partial charge >= 0.3 is 5.56 Å². The topological polar surface area (TPSA) is 54.6 Å². The molecule has 0 aromatic carbocycles. The minimum atomic E-state index is -0.0388. The Morgan fingerprint density at radius 2 is 2.31 bits per heavy atom. The third-order valence-corrected chi connectivity index (χ3v) is 2.43. The highest BCUT2D eigenvalue weighted by Crippen LogP contribution is 1.97. The first-order chi connectivity index (χ1) is 6.13. The van der Waals surface area contributed by atoms with Crippen LogP contribution in [0.25, 0.3) is 11.2 Å². The van der Waals surface area contributed by atoms with Crippen molar-refractivity contribution in [2.45, 2.75) is 6.92 Å². The van der Waals surface area contributed by atoms with Gasteiger partial charge in [0, 0.05) is 6.92 Å². The number of H-pyrrole nitrogens is 1. The van der Waals surface area contributed by atoms with Crippen molar-refractivity contribution in [1.29, 1.82) is 0 Å². The summed E-state index contributed by atoms with van der Waals surface area (Å²) in [5, 5.41) is 0. The Morgan fingerprint density at radius 3 is 3.00 bits per heavy atom. The Bertz CT molecular complexity index is 523. The third-order valence-electron chi connectivity index (χ3n) is 2.43. The minimum Gasteiger partial charge on any atom is -0.321 e. The summed E-state index contributed by atoms with van der Waals surface area (Å²) < 4.78 is 3.48. The van der Waals surface area contributed by atoms with Crippen LogP contribution in [0.1, 0.15) is 5.82 Å². The average Bonchev–Trinajstić information content (AvgIpc) is 2.59. The SMILES string of the molecule is Cc1n(C)c(=O)c2[nH]cnc2[n+]1C. The van der Waals surface area contributed by atoms with Gasteiger partial charge in [0.25, 0.3) is 5.65 Å². The highest BCUT2D eigenvalue weighted by atomic mass is 16.1. The monoisotopic (exact) mass is 179 g/mol. The molecule has 13 heavy (non-hydrogen) atoms. The molecule has 0 radical (unpaired) electrons. The Kier molecular flexibility index (Phi) is 1.48. The van der Waals surface area contributed by atoms with Crippen molar-refractivity contribution in [2.75, 3.05) is 0 Å². The van der Waals surface area contributed by atoms with Gasteiger partial charge in [0.1, 0.15) is 0 Å². The average molecular weight is 179 g/mol. The van der Waals surface area contributed by atoms with E-state index in [9.17, 15) is 4.79 Å². The summed E-state index contributed by atoms with van der Waals surface area (Å²) in [6.45, 7) is 1.88. The van der Waals surface area contributed by atoms with Crippen LogP contribution < -0.4 is 10.1 Å². The fourth-order valence-corrected chi connectivity index (χ4v) is 1.39. The number of aryl methyl sites for hydroxylation is 1. The van der Waals surface area contributed by atoms with Gasteiger partial charge in [-0.3, -0.25) is 0 Å². The van der Waals surface area contributed by atoms with Crippen molar-refractivity contribution in [2.24, 2.45) is 14.1 Å². The summed E-state index contributed by atoms with van der Waals surface area (Å²) >= 11 is 0. The second kappa shape index (κ2) is 2.42. The van der Waals surface area contributed by atoms with E-state index in [1.807, 2.05) is 18.5 Å². The van der Waals surface area contributed by atoms with Crippen molar-refractivity contribution in [3.05, 3.63) is 22.5 Å².